The highest BCUT2D eigenvalue weighted by atomic mass is 16.5. The molecule has 1 fully saturated rings. The third kappa shape index (κ3) is 3.74. The van der Waals surface area contributed by atoms with Crippen molar-refractivity contribution in [3.05, 3.63) is 0 Å². The van der Waals surface area contributed by atoms with E-state index >= 15 is 0 Å². The fourth-order valence-electron chi connectivity index (χ4n) is 2.22. The summed E-state index contributed by atoms with van der Waals surface area (Å²) in [6.07, 6.45) is 2.42. The second kappa shape index (κ2) is 5.83. The van der Waals surface area contributed by atoms with Gasteiger partial charge >= 0.3 is 0 Å². The number of methoxy groups -OCH3 is 1. The molecule has 1 heterocycles. The highest BCUT2D eigenvalue weighted by Crippen LogP contribution is 2.17. The first-order valence-electron chi connectivity index (χ1n) is 6.09. The first-order valence-corrected chi connectivity index (χ1v) is 6.09. The van der Waals surface area contributed by atoms with Crippen molar-refractivity contribution in [2.45, 2.75) is 45.2 Å². The molecule has 0 bridgehead atoms. The topological polar surface area (TPSA) is 24.5 Å². The summed E-state index contributed by atoms with van der Waals surface area (Å²) in [7, 11) is 1.78. The monoisotopic (exact) mass is 214 g/mol. The van der Waals surface area contributed by atoms with Crippen molar-refractivity contribution in [1.82, 2.24) is 10.2 Å². The Morgan fingerprint density at radius 1 is 1.53 bits per heavy atom. The predicted octanol–water partition coefficient (Wildman–Crippen LogP) is 1.49. The van der Waals surface area contributed by atoms with Gasteiger partial charge < -0.3 is 10.1 Å². The van der Waals surface area contributed by atoms with Crippen LogP contribution in [0.15, 0.2) is 0 Å². The van der Waals surface area contributed by atoms with Gasteiger partial charge in [0.1, 0.15) is 0 Å². The normalized spacial score (nSPS) is 31.2. The lowest BCUT2D eigenvalue weighted by atomic mass is 9.98. The quantitative estimate of drug-likeness (QED) is 0.767. The predicted molar refractivity (Wildman–Crippen MR) is 64.2 cm³/mol. The maximum atomic E-state index is 5.24. The zero-order valence-electron chi connectivity index (χ0n) is 10.7. The number of ether oxygens (including phenoxy) is 1. The summed E-state index contributed by atoms with van der Waals surface area (Å²) in [5, 5.41) is 3.65. The third-order valence-corrected chi connectivity index (χ3v) is 3.54. The average Bonchev–Trinajstić information content (AvgIpc) is 2.42. The third-order valence-electron chi connectivity index (χ3n) is 3.54. The Labute approximate surface area is 94.2 Å². The number of nitrogens with one attached hydrogen (secondary N) is 1. The Morgan fingerprint density at radius 3 is 2.87 bits per heavy atom. The fraction of sp³-hybridized carbons (Fsp3) is 1.00. The van der Waals surface area contributed by atoms with E-state index in [9.17, 15) is 0 Å². The van der Waals surface area contributed by atoms with E-state index in [2.05, 4.69) is 31.0 Å². The summed E-state index contributed by atoms with van der Waals surface area (Å²) in [5.41, 5.74) is 0.276. The second-order valence-corrected chi connectivity index (χ2v) is 4.97. The first-order chi connectivity index (χ1) is 7.11. The summed E-state index contributed by atoms with van der Waals surface area (Å²) >= 11 is 0. The largest absolute Gasteiger partial charge is 0.383 e. The Hall–Kier alpha value is -0.120. The van der Waals surface area contributed by atoms with Crippen LogP contribution in [0.1, 0.15) is 33.6 Å². The lowest BCUT2D eigenvalue weighted by molar-refractivity contribution is 0.0869. The molecular formula is C12H26N2O. The van der Waals surface area contributed by atoms with Crippen LogP contribution >= 0.6 is 0 Å². The maximum Gasteiger partial charge on any atom is 0.0615 e. The van der Waals surface area contributed by atoms with Crippen molar-refractivity contribution in [2.24, 2.45) is 0 Å². The number of hydrogen-bond acceptors (Lipinski definition) is 3. The van der Waals surface area contributed by atoms with E-state index in [0.29, 0.717) is 6.04 Å². The average molecular weight is 214 g/mol. The van der Waals surface area contributed by atoms with Crippen molar-refractivity contribution in [2.75, 3.05) is 33.4 Å². The Morgan fingerprint density at radius 2 is 2.27 bits per heavy atom. The van der Waals surface area contributed by atoms with Crippen LogP contribution in [0, 0.1) is 0 Å². The molecule has 1 N–H and O–H groups in total. The van der Waals surface area contributed by atoms with Gasteiger partial charge in [-0.15, -0.1) is 0 Å². The molecule has 90 valence electrons. The van der Waals surface area contributed by atoms with Crippen molar-refractivity contribution < 1.29 is 4.74 Å². The molecule has 1 aliphatic heterocycles. The molecule has 0 saturated carbocycles. The molecule has 0 aromatic carbocycles. The number of rotatable bonds is 4. The maximum absolute atomic E-state index is 5.24. The molecule has 0 aromatic heterocycles. The zero-order chi connectivity index (χ0) is 11.3. The minimum atomic E-state index is 0.276. The lowest BCUT2D eigenvalue weighted by Crippen LogP contribution is -2.51. The van der Waals surface area contributed by atoms with Crippen LogP contribution in [0.4, 0.5) is 0 Å². The number of nitrogens with zero attached hydrogens (tertiary/aromatic N) is 1. The van der Waals surface area contributed by atoms with Crippen LogP contribution in [0.3, 0.4) is 0 Å². The molecule has 0 aliphatic carbocycles. The van der Waals surface area contributed by atoms with Crippen molar-refractivity contribution in [1.29, 1.82) is 0 Å². The van der Waals surface area contributed by atoms with Gasteiger partial charge in [-0.05, 0) is 39.8 Å². The summed E-state index contributed by atoms with van der Waals surface area (Å²) < 4.78 is 5.24. The van der Waals surface area contributed by atoms with Gasteiger partial charge in [0.15, 0.2) is 0 Å². The van der Waals surface area contributed by atoms with E-state index < -0.39 is 0 Å². The molecule has 1 rings (SSSR count). The van der Waals surface area contributed by atoms with Gasteiger partial charge in [0.2, 0.25) is 0 Å². The van der Waals surface area contributed by atoms with Gasteiger partial charge in [-0.25, -0.2) is 0 Å². The van der Waals surface area contributed by atoms with E-state index in [4.69, 9.17) is 4.74 Å². The standard InChI is InChI=1S/C12H26N2O/c1-5-12(3)10-14(8-6-7-13-12)11(2)9-15-4/h11,13H,5-10H2,1-4H3. The molecule has 15 heavy (non-hydrogen) atoms. The molecule has 1 aliphatic rings. The van der Waals surface area contributed by atoms with Gasteiger partial charge in [0.05, 0.1) is 6.61 Å². The van der Waals surface area contributed by atoms with Gasteiger partial charge in [0.25, 0.3) is 0 Å². The Kier molecular flexibility index (Phi) is 5.03. The highest BCUT2D eigenvalue weighted by Gasteiger charge is 2.28. The molecule has 1 saturated heterocycles. The molecule has 2 unspecified atom stereocenters. The zero-order valence-corrected chi connectivity index (χ0v) is 10.7. The van der Waals surface area contributed by atoms with Crippen molar-refractivity contribution in [3.8, 4) is 0 Å². The minimum Gasteiger partial charge on any atom is -0.383 e. The molecular weight excluding hydrogens is 188 g/mol. The van der Waals surface area contributed by atoms with E-state index in [0.717, 1.165) is 19.7 Å². The summed E-state index contributed by atoms with van der Waals surface area (Å²) in [6.45, 7) is 11.1. The molecule has 0 spiro atoms. The molecule has 0 amide bonds. The van der Waals surface area contributed by atoms with Gasteiger partial charge in [-0.3, -0.25) is 4.90 Å². The van der Waals surface area contributed by atoms with Crippen molar-refractivity contribution in [3.63, 3.8) is 0 Å². The van der Waals surface area contributed by atoms with Gasteiger partial charge in [0, 0.05) is 25.2 Å². The van der Waals surface area contributed by atoms with E-state index in [-0.39, 0.29) is 5.54 Å². The van der Waals surface area contributed by atoms with Gasteiger partial charge in [-0.1, -0.05) is 6.92 Å². The second-order valence-electron chi connectivity index (χ2n) is 4.97. The highest BCUT2D eigenvalue weighted by molar-refractivity contribution is 4.89. The van der Waals surface area contributed by atoms with Gasteiger partial charge in [-0.2, -0.15) is 0 Å². The van der Waals surface area contributed by atoms with E-state index in [1.807, 2.05) is 0 Å². The molecule has 2 atom stereocenters. The van der Waals surface area contributed by atoms with E-state index in [1.54, 1.807) is 7.11 Å². The smallest absolute Gasteiger partial charge is 0.0615 e. The van der Waals surface area contributed by atoms with Crippen LogP contribution in [0.5, 0.6) is 0 Å². The molecule has 0 aromatic rings. The van der Waals surface area contributed by atoms with Crippen LogP contribution in [0.2, 0.25) is 0 Å². The Bertz CT molecular complexity index is 186. The van der Waals surface area contributed by atoms with E-state index in [1.165, 1.54) is 19.4 Å². The van der Waals surface area contributed by atoms with Crippen LogP contribution in [-0.4, -0.2) is 49.8 Å². The van der Waals surface area contributed by atoms with Crippen LogP contribution < -0.4 is 5.32 Å². The molecule has 0 radical (unpaired) electrons. The fourth-order valence-corrected chi connectivity index (χ4v) is 2.22. The van der Waals surface area contributed by atoms with Crippen LogP contribution in [-0.2, 0) is 4.74 Å². The summed E-state index contributed by atoms with van der Waals surface area (Å²) in [6, 6.07) is 0.528. The molecule has 3 nitrogen and oxygen atoms in total. The Balaban J connectivity index is 2.56. The van der Waals surface area contributed by atoms with Crippen molar-refractivity contribution >= 4 is 0 Å². The SMILES string of the molecule is CCC1(C)CN(C(C)COC)CCCN1. The minimum absolute atomic E-state index is 0.276. The summed E-state index contributed by atoms with van der Waals surface area (Å²) in [5.74, 6) is 0. The first kappa shape index (κ1) is 12.9. The van der Waals surface area contributed by atoms with Crippen LogP contribution in [0.25, 0.3) is 0 Å². The lowest BCUT2D eigenvalue weighted by Gasteiger charge is -2.35. The number of hydrogen-bond donors (Lipinski definition) is 1. The summed E-state index contributed by atoms with van der Waals surface area (Å²) in [4.78, 5) is 2.55. The molecule has 3 heteroatoms.